The second-order valence-electron chi connectivity index (χ2n) is 4.77. The van der Waals surface area contributed by atoms with Crippen LogP contribution >= 0.6 is 11.8 Å². The summed E-state index contributed by atoms with van der Waals surface area (Å²) in [5.74, 6) is 1.13. The van der Waals surface area contributed by atoms with Crippen molar-refractivity contribution >= 4 is 11.8 Å². The van der Waals surface area contributed by atoms with E-state index in [1.54, 1.807) is 16.8 Å². The predicted molar refractivity (Wildman–Crippen MR) is 82.0 cm³/mol. The highest BCUT2D eigenvalue weighted by atomic mass is 32.2. The largest absolute Gasteiger partial charge is 0.410 e. The van der Waals surface area contributed by atoms with Crippen molar-refractivity contribution in [3.8, 4) is 17.7 Å². The van der Waals surface area contributed by atoms with Crippen molar-refractivity contribution in [3.05, 3.63) is 47.2 Å². The van der Waals surface area contributed by atoms with Crippen molar-refractivity contribution in [1.29, 1.82) is 5.26 Å². The Labute approximate surface area is 131 Å². The Bertz CT molecular complexity index is 809. The van der Waals surface area contributed by atoms with Gasteiger partial charge in [0.1, 0.15) is 5.69 Å². The molecule has 0 fully saturated rings. The predicted octanol–water partition coefficient (Wildman–Crippen LogP) is 2.94. The number of hydrogen-bond acceptors (Lipinski definition) is 6. The maximum atomic E-state index is 8.77. The van der Waals surface area contributed by atoms with Crippen LogP contribution in [0, 0.1) is 18.3 Å². The van der Waals surface area contributed by atoms with Crippen LogP contribution in [-0.2, 0) is 12.8 Å². The first-order chi connectivity index (χ1) is 10.7. The Hall–Kier alpha value is -2.59. The normalized spacial score (nSPS) is 10.6. The summed E-state index contributed by atoms with van der Waals surface area (Å²) in [6.07, 6.45) is 0. The second kappa shape index (κ2) is 6.03. The summed E-state index contributed by atoms with van der Waals surface area (Å²) in [5, 5.41) is 21.6. The highest BCUT2D eigenvalue weighted by Crippen LogP contribution is 2.25. The zero-order valence-electron chi connectivity index (χ0n) is 12.1. The third-order valence-corrected chi connectivity index (χ3v) is 4.07. The fraction of sp³-hybridized carbons (Fsp3) is 0.200. The Balaban J connectivity index is 1.67. The van der Waals surface area contributed by atoms with Gasteiger partial charge in [-0.1, -0.05) is 23.9 Å². The average Bonchev–Trinajstić information content (AvgIpc) is 3.13. The van der Waals surface area contributed by atoms with Crippen LogP contribution in [0.1, 0.15) is 16.8 Å². The topological polar surface area (TPSA) is 80.5 Å². The highest BCUT2D eigenvalue weighted by Gasteiger charge is 2.13. The van der Waals surface area contributed by atoms with Gasteiger partial charge in [-0.15, -0.1) is 10.2 Å². The molecule has 110 valence electrons. The summed E-state index contributed by atoms with van der Waals surface area (Å²) in [4.78, 5) is 0. The number of thioether (sulfide) groups is 1. The van der Waals surface area contributed by atoms with E-state index in [4.69, 9.17) is 9.68 Å². The molecule has 0 amide bonds. The third kappa shape index (κ3) is 3.02. The molecule has 0 atom stereocenters. The van der Waals surface area contributed by atoms with Gasteiger partial charge in [-0.2, -0.15) is 10.4 Å². The van der Waals surface area contributed by atoms with Crippen LogP contribution in [0.15, 0.2) is 40.0 Å². The molecule has 22 heavy (non-hydrogen) atoms. The second-order valence-corrected chi connectivity index (χ2v) is 5.69. The monoisotopic (exact) mass is 311 g/mol. The van der Waals surface area contributed by atoms with E-state index in [1.807, 2.05) is 32.2 Å². The van der Waals surface area contributed by atoms with E-state index >= 15 is 0 Å². The molecule has 0 aliphatic heterocycles. The van der Waals surface area contributed by atoms with Crippen molar-refractivity contribution in [3.63, 3.8) is 0 Å². The number of aromatic nitrogens is 4. The van der Waals surface area contributed by atoms with Gasteiger partial charge in [-0.25, -0.2) is 0 Å². The van der Waals surface area contributed by atoms with Gasteiger partial charge in [0.05, 0.1) is 11.6 Å². The lowest BCUT2D eigenvalue weighted by Gasteiger charge is -1.97. The average molecular weight is 311 g/mol. The Morgan fingerprint density at radius 2 is 2.05 bits per heavy atom. The lowest BCUT2D eigenvalue weighted by molar-refractivity contribution is 0.464. The van der Waals surface area contributed by atoms with Gasteiger partial charge in [0, 0.05) is 18.5 Å². The number of nitriles is 1. The molecule has 0 saturated heterocycles. The van der Waals surface area contributed by atoms with Gasteiger partial charge < -0.3 is 4.42 Å². The number of hydrogen-bond donors (Lipinski definition) is 0. The SMILES string of the molecule is Cc1cc(-c2nnc(SCc3ccc(C#N)cc3)o2)nn1C. The molecule has 0 bridgehead atoms. The van der Waals surface area contributed by atoms with Gasteiger partial charge in [0.15, 0.2) is 0 Å². The van der Waals surface area contributed by atoms with Crippen molar-refractivity contribution < 1.29 is 4.42 Å². The first-order valence-corrected chi connectivity index (χ1v) is 7.60. The quantitative estimate of drug-likeness (QED) is 0.689. The van der Waals surface area contributed by atoms with Crippen molar-refractivity contribution in [2.75, 3.05) is 0 Å². The van der Waals surface area contributed by atoms with Crippen LogP contribution in [0.3, 0.4) is 0 Å². The van der Waals surface area contributed by atoms with Crippen molar-refractivity contribution in [1.82, 2.24) is 20.0 Å². The van der Waals surface area contributed by atoms with Gasteiger partial charge >= 0.3 is 0 Å². The smallest absolute Gasteiger partial charge is 0.277 e. The number of benzene rings is 1. The van der Waals surface area contributed by atoms with Crippen LogP contribution in [0.4, 0.5) is 0 Å². The van der Waals surface area contributed by atoms with Crippen LogP contribution in [0.2, 0.25) is 0 Å². The minimum Gasteiger partial charge on any atom is -0.410 e. The summed E-state index contributed by atoms with van der Waals surface area (Å²) in [6.45, 7) is 1.97. The fourth-order valence-corrected chi connectivity index (χ4v) is 2.58. The third-order valence-electron chi connectivity index (χ3n) is 3.18. The van der Waals surface area contributed by atoms with Crippen LogP contribution in [0.5, 0.6) is 0 Å². The van der Waals surface area contributed by atoms with E-state index in [0.29, 0.717) is 28.1 Å². The minimum absolute atomic E-state index is 0.422. The molecule has 0 unspecified atom stereocenters. The van der Waals surface area contributed by atoms with E-state index in [1.165, 1.54) is 11.8 Å². The first-order valence-electron chi connectivity index (χ1n) is 6.62. The molecule has 2 heterocycles. The van der Waals surface area contributed by atoms with Gasteiger partial charge in [-0.05, 0) is 30.7 Å². The zero-order chi connectivity index (χ0) is 15.5. The van der Waals surface area contributed by atoms with Crippen LogP contribution in [0.25, 0.3) is 11.6 Å². The van der Waals surface area contributed by atoms with Crippen LogP contribution < -0.4 is 0 Å². The zero-order valence-corrected chi connectivity index (χ0v) is 13.0. The molecule has 0 N–H and O–H groups in total. The molecular weight excluding hydrogens is 298 g/mol. The Morgan fingerprint density at radius 3 is 2.68 bits per heavy atom. The molecule has 3 rings (SSSR count). The standard InChI is InChI=1S/C15H13N5OS/c1-10-7-13(19-20(10)2)14-17-18-15(21-14)22-9-12-5-3-11(8-16)4-6-12/h3-7H,9H2,1-2H3. The number of nitrogens with zero attached hydrogens (tertiary/aromatic N) is 5. The van der Waals surface area contributed by atoms with Gasteiger partial charge in [-0.3, -0.25) is 4.68 Å². The molecule has 6 nitrogen and oxygen atoms in total. The Kier molecular flexibility index (Phi) is 3.94. The molecule has 2 aromatic heterocycles. The summed E-state index contributed by atoms with van der Waals surface area (Å²) in [7, 11) is 1.87. The summed E-state index contributed by atoms with van der Waals surface area (Å²) in [6, 6.07) is 11.4. The molecule has 3 aromatic rings. The highest BCUT2D eigenvalue weighted by molar-refractivity contribution is 7.98. The lowest BCUT2D eigenvalue weighted by Crippen LogP contribution is -1.92. The molecule has 0 aliphatic carbocycles. The Morgan fingerprint density at radius 1 is 1.27 bits per heavy atom. The summed E-state index contributed by atoms with van der Waals surface area (Å²) in [5.41, 5.74) is 3.45. The molecule has 7 heteroatoms. The van der Waals surface area contributed by atoms with E-state index in [2.05, 4.69) is 21.4 Å². The molecule has 0 aliphatic rings. The number of aryl methyl sites for hydroxylation is 2. The van der Waals surface area contributed by atoms with Crippen molar-refractivity contribution in [2.24, 2.45) is 7.05 Å². The van der Waals surface area contributed by atoms with E-state index < -0.39 is 0 Å². The molecule has 0 spiro atoms. The molecule has 1 aromatic carbocycles. The lowest BCUT2D eigenvalue weighted by atomic mass is 10.2. The van der Waals surface area contributed by atoms with E-state index in [0.717, 1.165) is 11.3 Å². The minimum atomic E-state index is 0.422. The maximum absolute atomic E-state index is 8.77. The summed E-state index contributed by atoms with van der Waals surface area (Å²) >= 11 is 1.46. The van der Waals surface area contributed by atoms with E-state index in [-0.39, 0.29) is 0 Å². The van der Waals surface area contributed by atoms with Crippen LogP contribution in [-0.4, -0.2) is 20.0 Å². The van der Waals surface area contributed by atoms with Gasteiger partial charge in [0.25, 0.3) is 11.1 Å². The molecule has 0 saturated carbocycles. The van der Waals surface area contributed by atoms with Gasteiger partial charge in [0.2, 0.25) is 0 Å². The molecule has 0 radical (unpaired) electrons. The first kappa shape index (κ1) is 14.4. The van der Waals surface area contributed by atoms with Crippen molar-refractivity contribution in [2.45, 2.75) is 17.9 Å². The molecular formula is C15H13N5OS. The van der Waals surface area contributed by atoms with E-state index in [9.17, 15) is 0 Å². The number of rotatable bonds is 4. The summed E-state index contributed by atoms with van der Waals surface area (Å²) < 4.78 is 7.38. The fourth-order valence-electron chi connectivity index (χ4n) is 1.86. The maximum Gasteiger partial charge on any atom is 0.277 e.